The highest BCUT2D eigenvalue weighted by molar-refractivity contribution is 5.29. The predicted octanol–water partition coefficient (Wildman–Crippen LogP) is 2.06. The average Bonchev–Trinajstić information content (AvgIpc) is 2.94. The van der Waals surface area contributed by atoms with Crippen LogP contribution in [0, 0.1) is 0 Å². The molecule has 1 aliphatic rings. The molecule has 0 atom stereocenters. The standard InChI is InChI=1S/C15H25N3O/c1-2-6-16-12-14-13-17-7-5-15(14)19-11-10-18-8-3-4-9-18/h5,7,13,16H,2-4,6,8-12H2,1H3. The molecule has 0 amide bonds. The number of hydrogen-bond donors (Lipinski definition) is 1. The maximum atomic E-state index is 5.91. The summed E-state index contributed by atoms with van der Waals surface area (Å²) in [7, 11) is 0. The third kappa shape index (κ3) is 4.80. The fraction of sp³-hybridized carbons (Fsp3) is 0.667. The highest BCUT2D eigenvalue weighted by Crippen LogP contribution is 2.16. The molecule has 1 aliphatic heterocycles. The maximum absolute atomic E-state index is 5.91. The number of ether oxygens (including phenoxy) is 1. The first kappa shape index (κ1) is 14.3. The minimum absolute atomic E-state index is 0.769. The Balaban J connectivity index is 1.77. The largest absolute Gasteiger partial charge is 0.492 e. The summed E-state index contributed by atoms with van der Waals surface area (Å²) >= 11 is 0. The van der Waals surface area contributed by atoms with Gasteiger partial charge in [0.15, 0.2) is 0 Å². The Hall–Kier alpha value is -1.13. The van der Waals surface area contributed by atoms with E-state index in [4.69, 9.17) is 4.74 Å². The molecule has 2 rings (SSSR count). The normalized spacial score (nSPS) is 15.8. The molecule has 19 heavy (non-hydrogen) atoms. The molecule has 106 valence electrons. The van der Waals surface area contributed by atoms with Gasteiger partial charge in [-0.1, -0.05) is 6.92 Å². The van der Waals surface area contributed by atoms with Crippen molar-refractivity contribution in [3.8, 4) is 5.75 Å². The first-order valence-electron chi connectivity index (χ1n) is 7.39. The lowest BCUT2D eigenvalue weighted by molar-refractivity contribution is 0.236. The zero-order valence-electron chi connectivity index (χ0n) is 11.9. The van der Waals surface area contributed by atoms with Gasteiger partial charge in [0, 0.05) is 31.0 Å². The zero-order chi connectivity index (χ0) is 13.3. The van der Waals surface area contributed by atoms with E-state index in [1.165, 1.54) is 25.9 Å². The Kier molecular flexibility index (Phi) is 6.11. The molecule has 2 heterocycles. The molecule has 1 aromatic rings. The highest BCUT2D eigenvalue weighted by Gasteiger charge is 2.11. The molecule has 0 aromatic carbocycles. The van der Waals surface area contributed by atoms with Gasteiger partial charge in [-0.3, -0.25) is 9.88 Å². The van der Waals surface area contributed by atoms with Gasteiger partial charge in [-0.25, -0.2) is 0 Å². The average molecular weight is 263 g/mol. The summed E-state index contributed by atoms with van der Waals surface area (Å²) in [5.41, 5.74) is 1.15. The second-order valence-corrected chi connectivity index (χ2v) is 5.06. The van der Waals surface area contributed by atoms with Crippen LogP contribution in [0.3, 0.4) is 0 Å². The molecule has 4 nitrogen and oxygen atoms in total. The lowest BCUT2D eigenvalue weighted by Crippen LogP contribution is -2.25. The van der Waals surface area contributed by atoms with E-state index in [9.17, 15) is 0 Å². The van der Waals surface area contributed by atoms with Crippen LogP contribution in [0.2, 0.25) is 0 Å². The summed E-state index contributed by atoms with van der Waals surface area (Å²) in [6, 6.07) is 1.97. The summed E-state index contributed by atoms with van der Waals surface area (Å²) < 4.78 is 5.91. The minimum Gasteiger partial charge on any atom is -0.492 e. The molecule has 1 N–H and O–H groups in total. The molecule has 0 bridgehead atoms. The van der Waals surface area contributed by atoms with E-state index in [2.05, 4.69) is 22.1 Å². The quantitative estimate of drug-likeness (QED) is 0.729. The van der Waals surface area contributed by atoms with Crippen molar-refractivity contribution >= 4 is 0 Å². The second-order valence-electron chi connectivity index (χ2n) is 5.06. The molecule has 4 heteroatoms. The van der Waals surface area contributed by atoms with E-state index in [-0.39, 0.29) is 0 Å². The van der Waals surface area contributed by atoms with Gasteiger partial charge < -0.3 is 10.1 Å². The van der Waals surface area contributed by atoms with Crippen molar-refractivity contribution in [2.24, 2.45) is 0 Å². The van der Waals surface area contributed by atoms with Crippen molar-refractivity contribution in [2.75, 3.05) is 32.8 Å². The molecule has 1 saturated heterocycles. The van der Waals surface area contributed by atoms with E-state index in [0.29, 0.717) is 0 Å². The van der Waals surface area contributed by atoms with Gasteiger partial charge in [-0.05, 0) is 45.0 Å². The van der Waals surface area contributed by atoms with E-state index in [1.807, 2.05) is 12.3 Å². The highest BCUT2D eigenvalue weighted by atomic mass is 16.5. The first-order valence-corrected chi connectivity index (χ1v) is 7.39. The molecule has 0 radical (unpaired) electrons. The zero-order valence-corrected chi connectivity index (χ0v) is 11.9. The van der Waals surface area contributed by atoms with E-state index in [1.54, 1.807) is 6.20 Å². The van der Waals surface area contributed by atoms with Gasteiger partial charge in [-0.15, -0.1) is 0 Å². The Morgan fingerprint density at radius 2 is 2.21 bits per heavy atom. The van der Waals surface area contributed by atoms with Gasteiger partial charge in [0.25, 0.3) is 0 Å². The number of aromatic nitrogens is 1. The number of pyridine rings is 1. The summed E-state index contributed by atoms with van der Waals surface area (Å²) in [6.07, 6.45) is 7.51. The predicted molar refractivity (Wildman–Crippen MR) is 77.4 cm³/mol. The molecule has 1 aromatic heterocycles. The van der Waals surface area contributed by atoms with Crippen molar-refractivity contribution in [3.05, 3.63) is 24.0 Å². The monoisotopic (exact) mass is 263 g/mol. The number of hydrogen-bond acceptors (Lipinski definition) is 4. The minimum atomic E-state index is 0.769. The lowest BCUT2D eigenvalue weighted by Gasteiger charge is -2.16. The van der Waals surface area contributed by atoms with Crippen LogP contribution in [0.15, 0.2) is 18.5 Å². The van der Waals surface area contributed by atoms with Crippen LogP contribution >= 0.6 is 0 Å². The number of likely N-dealkylation sites (tertiary alicyclic amines) is 1. The van der Waals surface area contributed by atoms with Crippen LogP contribution in [0.25, 0.3) is 0 Å². The lowest BCUT2D eigenvalue weighted by atomic mass is 10.2. The Bertz CT molecular complexity index is 364. The third-order valence-electron chi connectivity index (χ3n) is 3.46. The van der Waals surface area contributed by atoms with Crippen molar-refractivity contribution in [1.29, 1.82) is 0 Å². The van der Waals surface area contributed by atoms with Crippen molar-refractivity contribution in [3.63, 3.8) is 0 Å². The molecule has 0 saturated carbocycles. The van der Waals surface area contributed by atoms with Gasteiger partial charge in [-0.2, -0.15) is 0 Å². The van der Waals surface area contributed by atoms with Crippen LogP contribution in [-0.2, 0) is 6.54 Å². The SMILES string of the molecule is CCCNCc1cnccc1OCCN1CCCC1. The van der Waals surface area contributed by atoms with Crippen molar-refractivity contribution in [2.45, 2.75) is 32.7 Å². The van der Waals surface area contributed by atoms with Crippen molar-refractivity contribution in [1.82, 2.24) is 15.2 Å². The maximum Gasteiger partial charge on any atom is 0.126 e. The van der Waals surface area contributed by atoms with Crippen LogP contribution in [-0.4, -0.2) is 42.7 Å². The molecule has 0 unspecified atom stereocenters. The summed E-state index contributed by atoms with van der Waals surface area (Å²) in [5, 5.41) is 3.39. The van der Waals surface area contributed by atoms with Crippen LogP contribution in [0.5, 0.6) is 5.75 Å². The summed E-state index contributed by atoms with van der Waals surface area (Å²) in [4.78, 5) is 6.65. The third-order valence-corrected chi connectivity index (χ3v) is 3.46. The molecular weight excluding hydrogens is 238 g/mol. The van der Waals surface area contributed by atoms with Gasteiger partial charge >= 0.3 is 0 Å². The molecule has 0 aliphatic carbocycles. The summed E-state index contributed by atoms with van der Waals surface area (Å²) in [6.45, 7) is 8.29. The Morgan fingerprint density at radius 1 is 1.37 bits per heavy atom. The van der Waals surface area contributed by atoms with Gasteiger partial charge in [0.1, 0.15) is 12.4 Å². The number of nitrogens with one attached hydrogen (secondary N) is 1. The molecular formula is C15H25N3O. The van der Waals surface area contributed by atoms with Gasteiger partial charge in [0.05, 0.1) is 0 Å². The van der Waals surface area contributed by atoms with Crippen LogP contribution < -0.4 is 10.1 Å². The molecule has 0 spiro atoms. The number of rotatable bonds is 8. The van der Waals surface area contributed by atoms with Gasteiger partial charge in [0.2, 0.25) is 0 Å². The fourth-order valence-electron chi connectivity index (χ4n) is 2.38. The topological polar surface area (TPSA) is 37.4 Å². The first-order chi connectivity index (χ1) is 9.40. The fourth-order valence-corrected chi connectivity index (χ4v) is 2.38. The van der Waals surface area contributed by atoms with E-state index < -0.39 is 0 Å². The Labute approximate surface area is 116 Å². The van der Waals surface area contributed by atoms with Crippen LogP contribution in [0.1, 0.15) is 31.7 Å². The Morgan fingerprint density at radius 3 is 3.00 bits per heavy atom. The van der Waals surface area contributed by atoms with E-state index in [0.717, 1.165) is 44.0 Å². The smallest absolute Gasteiger partial charge is 0.126 e. The van der Waals surface area contributed by atoms with Crippen molar-refractivity contribution < 1.29 is 4.74 Å². The second kappa shape index (κ2) is 8.12. The molecule has 1 fully saturated rings. The van der Waals surface area contributed by atoms with E-state index >= 15 is 0 Å². The summed E-state index contributed by atoms with van der Waals surface area (Å²) in [5.74, 6) is 0.970. The van der Waals surface area contributed by atoms with Crippen LogP contribution in [0.4, 0.5) is 0 Å². The number of nitrogens with zero attached hydrogens (tertiary/aromatic N) is 2.